The van der Waals surface area contributed by atoms with Crippen LogP contribution >= 0.6 is 0 Å². The van der Waals surface area contributed by atoms with Gasteiger partial charge in [-0.25, -0.2) is 9.07 Å². The first-order valence-corrected chi connectivity index (χ1v) is 8.69. The monoisotopic (exact) mass is 345 g/mol. The molecule has 3 rings (SSSR count). The van der Waals surface area contributed by atoms with Crippen molar-refractivity contribution in [1.29, 1.82) is 0 Å². The molecule has 134 valence electrons. The summed E-state index contributed by atoms with van der Waals surface area (Å²) in [5.74, 6) is 0.376. The quantitative estimate of drug-likeness (QED) is 0.841. The molecule has 1 aliphatic rings. The number of carbonyl (C=O) groups is 1. The lowest BCUT2D eigenvalue weighted by Crippen LogP contribution is -2.48. The van der Waals surface area contributed by atoms with Crippen molar-refractivity contribution >= 4 is 11.7 Å². The molecule has 1 saturated heterocycles. The number of aromatic nitrogens is 2. The number of nitrogens with one attached hydrogen (secondary N) is 2. The standard InChI is InChI=1S/C18H24FN5O/c1-2-9-24-17(6-7-21-24)22-18(25)13-23-10-8-20-12-16(23)14-4-3-5-15(19)11-14/h3-7,11,16,20H,2,8-10,12-13H2,1H3,(H,22,25). The minimum absolute atomic E-state index is 0.0178. The van der Waals surface area contributed by atoms with Crippen molar-refractivity contribution in [3.05, 3.63) is 47.9 Å². The van der Waals surface area contributed by atoms with Gasteiger partial charge < -0.3 is 10.6 Å². The molecule has 6 nitrogen and oxygen atoms in total. The Balaban J connectivity index is 1.67. The number of halogens is 1. The van der Waals surface area contributed by atoms with Gasteiger partial charge in [0, 0.05) is 38.3 Å². The Hall–Kier alpha value is -2.25. The lowest BCUT2D eigenvalue weighted by atomic mass is 10.0. The third-order valence-electron chi connectivity index (χ3n) is 4.35. The van der Waals surface area contributed by atoms with Gasteiger partial charge in [0.2, 0.25) is 5.91 Å². The number of hydrogen-bond donors (Lipinski definition) is 2. The van der Waals surface area contributed by atoms with E-state index in [0.717, 1.165) is 31.6 Å². The summed E-state index contributed by atoms with van der Waals surface area (Å²) in [7, 11) is 0. The average Bonchev–Trinajstić information content (AvgIpc) is 3.02. The topological polar surface area (TPSA) is 62.2 Å². The Morgan fingerprint density at radius 2 is 2.32 bits per heavy atom. The van der Waals surface area contributed by atoms with E-state index in [2.05, 4.69) is 27.6 Å². The smallest absolute Gasteiger partial charge is 0.239 e. The van der Waals surface area contributed by atoms with Gasteiger partial charge in [-0.15, -0.1) is 0 Å². The number of amides is 1. The Bertz CT molecular complexity index is 717. The third kappa shape index (κ3) is 4.43. The van der Waals surface area contributed by atoms with Gasteiger partial charge in [0.25, 0.3) is 0 Å². The van der Waals surface area contributed by atoms with Crippen LogP contribution in [0.5, 0.6) is 0 Å². The molecule has 1 aromatic carbocycles. The van der Waals surface area contributed by atoms with E-state index in [9.17, 15) is 9.18 Å². The Kier molecular flexibility index (Phi) is 5.78. The van der Waals surface area contributed by atoms with Crippen LogP contribution in [-0.2, 0) is 11.3 Å². The molecule has 0 spiro atoms. The molecule has 0 saturated carbocycles. The number of carbonyl (C=O) groups excluding carboxylic acids is 1. The zero-order valence-electron chi connectivity index (χ0n) is 14.4. The van der Waals surface area contributed by atoms with Crippen LogP contribution < -0.4 is 10.6 Å². The van der Waals surface area contributed by atoms with Crippen molar-refractivity contribution < 1.29 is 9.18 Å². The van der Waals surface area contributed by atoms with Crippen molar-refractivity contribution in [2.75, 3.05) is 31.5 Å². The third-order valence-corrected chi connectivity index (χ3v) is 4.35. The summed E-state index contributed by atoms with van der Waals surface area (Å²) >= 11 is 0. The van der Waals surface area contributed by atoms with Gasteiger partial charge in [-0.05, 0) is 24.1 Å². The predicted molar refractivity (Wildman–Crippen MR) is 94.7 cm³/mol. The van der Waals surface area contributed by atoms with E-state index in [-0.39, 0.29) is 24.3 Å². The summed E-state index contributed by atoms with van der Waals surface area (Å²) in [5, 5.41) is 10.5. The highest BCUT2D eigenvalue weighted by atomic mass is 19.1. The van der Waals surface area contributed by atoms with Gasteiger partial charge in [0.05, 0.1) is 12.7 Å². The Labute approximate surface area is 147 Å². The number of piperazine rings is 1. The summed E-state index contributed by atoms with van der Waals surface area (Å²) < 4.78 is 15.3. The number of aryl methyl sites for hydroxylation is 1. The molecule has 7 heteroatoms. The van der Waals surface area contributed by atoms with E-state index in [1.165, 1.54) is 6.07 Å². The Morgan fingerprint density at radius 1 is 1.44 bits per heavy atom. The second-order valence-corrected chi connectivity index (χ2v) is 6.23. The molecular formula is C18H24FN5O. The van der Waals surface area contributed by atoms with Crippen molar-refractivity contribution in [2.45, 2.75) is 25.9 Å². The number of rotatable bonds is 6. The van der Waals surface area contributed by atoms with E-state index in [1.807, 2.05) is 6.07 Å². The molecule has 2 heterocycles. The van der Waals surface area contributed by atoms with Crippen LogP contribution in [0.4, 0.5) is 10.2 Å². The highest BCUT2D eigenvalue weighted by molar-refractivity contribution is 5.91. The van der Waals surface area contributed by atoms with E-state index >= 15 is 0 Å². The van der Waals surface area contributed by atoms with Crippen LogP contribution in [0.2, 0.25) is 0 Å². The van der Waals surface area contributed by atoms with Gasteiger partial charge >= 0.3 is 0 Å². The fourth-order valence-corrected chi connectivity index (χ4v) is 3.17. The zero-order valence-corrected chi connectivity index (χ0v) is 14.4. The summed E-state index contributed by atoms with van der Waals surface area (Å²) in [6.07, 6.45) is 2.63. The molecule has 1 aromatic heterocycles. The molecule has 25 heavy (non-hydrogen) atoms. The lowest BCUT2D eigenvalue weighted by molar-refractivity contribution is -0.118. The fourth-order valence-electron chi connectivity index (χ4n) is 3.17. The molecule has 1 aliphatic heterocycles. The normalized spacial score (nSPS) is 18.2. The van der Waals surface area contributed by atoms with Crippen LogP contribution in [-0.4, -0.2) is 46.8 Å². The van der Waals surface area contributed by atoms with Crippen molar-refractivity contribution in [3.8, 4) is 0 Å². The largest absolute Gasteiger partial charge is 0.314 e. The van der Waals surface area contributed by atoms with Gasteiger partial charge in [-0.2, -0.15) is 5.10 Å². The molecule has 1 amide bonds. The molecular weight excluding hydrogens is 321 g/mol. The molecule has 1 unspecified atom stereocenters. The van der Waals surface area contributed by atoms with E-state index in [4.69, 9.17) is 0 Å². The van der Waals surface area contributed by atoms with E-state index in [0.29, 0.717) is 12.4 Å². The summed E-state index contributed by atoms with van der Waals surface area (Å²) in [4.78, 5) is 14.6. The summed E-state index contributed by atoms with van der Waals surface area (Å²) in [6, 6.07) is 8.37. The first kappa shape index (κ1) is 17.6. The lowest BCUT2D eigenvalue weighted by Gasteiger charge is -2.36. The number of benzene rings is 1. The van der Waals surface area contributed by atoms with Gasteiger partial charge in [0.1, 0.15) is 11.6 Å². The molecule has 2 aromatic rings. The fraction of sp³-hybridized carbons (Fsp3) is 0.444. The summed E-state index contributed by atoms with van der Waals surface area (Å²) in [6.45, 7) is 5.35. The van der Waals surface area contributed by atoms with E-state index in [1.54, 1.807) is 29.1 Å². The zero-order chi connectivity index (χ0) is 17.6. The maximum absolute atomic E-state index is 13.6. The number of hydrogen-bond acceptors (Lipinski definition) is 4. The first-order valence-electron chi connectivity index (χ1n) is 8.69. The molecule has 0 radical (unpaired) electrons. The molecule has 0 bridgehead atoms. The second-order valence-electron chi connectivity index (χ2n) is 6.23. The van der Waals surface area contributed by atoms with Crippen LogP contribution in [0.25, 0.3) is 0 Å². The summed E-state index contributed by atoms with van der Waals surface area (Å²) in [5.41, 5.74) is 0.885. The molecule has 1 atom stereocenters. The minimum Gasteiger partial charge on any atom is -0.314 e. The van der Waals surface area contributed by atoms with Crippen molar-refractivity contribution in [1.82, 2.24) is 20.0 Å². The predicted octanol–water partition coefficient (Wildman–Crippen LogP) is 2.02. The van der Waals surface area contributed by atoms with Crippen LogP contribution in [0, 0.1) is 5.82 Å². The number of nitrogens with zero attached hydrogens (tertiary/aromatic N) is 3. The SMILES string of the molecule is CCCn1nccc1NC(=O)CN1CCNCC1c1cccc(F)c1. The second kappa shape index (κ2) is 8.22. The van der Waals surface area contributed by atoms with Crippen LogP contribution in [0.1, 0.15) is 24.9 Å². The maximum atomic E-state index is 13.6. The highest BCUT2D eigenvalue weighted by Crippen LogP contribution is 2.22. The first-order chi connectivity index (χ1) is 12.2. The Morgan fingerprint density at radius 3 is 3.12 bits per heavy atom. The molecule has 0 aliphatic carbocycles. The van der Waals surface area contributed by atoms with Crippen molar-refractivity contribution in [2.24, 2.45) is 0 Å². The average molecular weight is 345 g/mol. The van der Waals surface area contributed by atoms with Crippen LogP contribution in [0.3, 0.4) is 0 Å². The molecule has 1 fully saturated rings. The minimum atomic E-state index is -0.254. The van der Waals surface area contributed by atoms with Gasteiger partial charge in [0.15, 0.2) is 0 Å². The number of anilines is 1. The van der Waals surface area contributed by atoms with Crippen molar-refractivity contribution in [3.63, 3.8) is 0 Å². The maximum Gasteiger partial charge on any atom is 0.239 e. The van der Waals surface area contributed by atoms with Gasteiger partial charge in [-0.3, -0.25) is 9.69 Å². The van der Waals surface area contributed by atoms with Crippen LogP contribution in [0.15, 0.2) is 36.5 Å². The molecule has 2 N–H and O–H groups in total. The van der Waals surface area contributed by atoms with Gasteiger partial charge in [-0.1, -0.05) is 19.1 Å². The highest BCUT2D eigenvalue weighted by Gasteiger charge is 2.26. The van der Waals surface area contributed by atoms with E-state index < -0.39 is 0 Å².